The second-order valence-corrected chi connectivity index (χ2v) is 6.25. The van der Waals surface area contributed by atoms with E-state index in [2.05, 4.69) is 35.6 Å². The fraction of sp³-hybridized carbons (Fsp3) is 0. The largest absolute Gasteiger partial charge is 0.331 e. The van der Waals surface area contributed by atoms with E-state index in [1.165, 1.54) is 0 Å². The van der Waals surface area contributed by atoms with Crippen LogP contribution in [0.1, 0.15) is 10.4 Å². The Labute approximate surface area is 159 Å². The third-order valence-electron chi connectivity index (χ3n) is 4.35. The van der Waals surface area contributed by atoms with Gasteiger partial charge >= 0.3 is 0 Å². The van der Waals surface area contributed by atoms with Crippen molar-refractivity contribution >= 4 is 45.4 Å². The lowest BCUT2D eigenvalue weighted by Crippen LogP contribution is -2.12. The van der Waals surface area contributed by atoms with Gasteiger partial charge in [-0.2, -0.15) is 0 Å². The van der Waals surface area contributed by atoms with E-state index in [0.717, 1.165) is 21.8 Å². The molecule has 0 radical (unpaired) electrons. The molecule has 5 rings (SSSR count). The highest BCUT2D eigenvalue weighted by Gasteiger charge is 2.11. The topological polar surface area (TPSA) is 111 Å². The zero-order valence-electron chi connectivity index (χ0n) is 14.6. The van der Waals surface area contributed by atoms with E-state index in [4.69, 9.17) is 0 Å². The molecule has 0 saturated carbocycles. The summed E-state index contributed by atoms with van der Waals surface area (Å²) in [6.45, 7) is 0. The van der Waals surface area contributed by atoms with Crippen LogP contribution < -0.4 is 10.6 Å². The van der Waals surface area contributed by atoms with E-state index in [9.17, 15) is 4.79 Å². The molecule has 0 saturated heterocycles. The number of amides is 1. The SMILES string of the molecule is O=C(Nc1ncc[nH]1)c1ccc2nc(Nc3cc4ccccc4cn3)[nH]c2c1. The smallest absolute Gasteiger partial charge is 0.258 e. The minimum atomic E-state index is -0.253. The summed E-state index contributed by atoms with van der Waals surface area (Å²) in [5.74, 6) is 1.39. The van der Waals surface area contributed by atoms with Gasteiger partial charge in [-0.05, 0) is 29.7 Å². The molecule has 0 aliphatic rings. The van der Waals surface area contributed by atoms with Crippen molar-refractivity contribution in [3.8, 4) is 0 Å². The lowest BCUT2D eigenvalue weighted by molar-refractivity contribution is 0.102. The average Bonchev–Trinajstić information content (AvgIpc) is 3.36. The Balaban J connectivity index is 1.40. The number of imidazole rings is 2. The molecular formula is C20H15N7O. The summed E-state index contributed by atoms with van der Waals surface area (Å²) in [6.07, 6.45) is 5.04. The van der Waals surface area contributed by atoms with Crippen molar-refractivity contribution < 1.29 is 4.79 Å². The van der Waals surface area contributed by atoms with Crippen molar-refractivity contribution in [2.24, 2.45) is 0 Å². The number of nitrogens with zero attached hydrogens (tertiary/aromatic N) is 3. The van der Waals surface area contributed by atoms with Crippen LogP contribution in [-0.2, 0) is 0 Å². The molecule has 0 fully saturated rings. The van der Waals surface area contributed by atoms with E-state index >= 15 is 0 Å². The summed E-state index contributed by atoms with van der Waals surface area (Å²) >= 11 is 0. The van der Waals surface area contributed by atoms with Crippen LogP contribution in [0.2, 0.25) is 0 Å². The molecular weight excluding hydrogens is 354 g/mol. The van der Waals surface area contributed by atoms with Crippen molar-refractivity contribution in [3.63, 3.8) is 0 Å². The lowest BCUT2D eigenvalue weighted by atomic mass is 10.2. The lowest BCUT2D eigenvalue weighted by Gasteiger charge is -2.03. The van der Waals surface area contributed by atoms with Gasteiger partial charge in [-0.1, -0.05) is 24.3 Å². The number of aromatic amines is 2. The van der Waals surface area contributed by atoms with Crippen molar-refractivity contribution in [3.05, 3.63) is 72.7 Å². The number of carbonyl (C=O) groups is 1. The van der Waals surface area contributed by atoms with E-state index < -0.39 is 0 Å². The molecule has 5 aromatic rings. The number of fused-ring (bicyclic) bond motifs is 2. The second kappa shape index (κ2) is 6.51. The molecule has 8 nitrogen and oxygen atoms in total. The summed E-state index contributed by atoms with van der Waals surface area (Å²) in [6, 6.07) is 15.2. The number of H-pyrrole nitrogens is 2. The first-order valence-corrected chi connectivity index (χ1v) is 8.67. The van der Waals surface area contributed by atoms with Gasteiger partial charge in [0.15, 0.2) is 0 Å². The monoisotopic (exact) mass is 369 g/mol. The highest BCUT2D eigenvalue weighted by Crippen LogP contribution is 2.21. The summed E-state index contributed by atoms with van der Waals surface area (Å²) in [5.41, 5.74) is 2.00. The molecule has 1 amide bonds. The number of hydrogen-bond donors (Lipinski definition) is 4. The molecule has 0 aliphatic heterocycles. The van der Waals surface area contributed by atoms with Gasteiger partial charge in [-0.15, -0.1) is 0 Å². The summed E-state index contributed by atoms with van der Waals surface area (Å²) in [7, 11) is 0. The van der Waals surface area contributed by atoms with Crippen molar-refractivity contribution in [2.45, 2.75) is 0 Å². The van der Waals surface area contributed by atoms with Crippen molar-refractivity contribution in [2.75, 3.05) is 10.6 Å². The molecule has 3 aromatic heterocycles. The first-order valence-electron chi connectivity index (χ1n) is 8.67. The molecule has 2 aromatic carbocycles. The minimum absolute atomic E-state index is 0.253. The van der Waals surface area contributed by atoms with E-state index in [1.54, 1.807) is 30.6 Å². The van der Waals surface area contributed by atoms with Gasteiger partial charge < -0.3 is 15.3 Å². The van der Waals surface area contributed by atoms with Crippen molar-refractivity contribution in [1.29, 1.82) is 0 Å². The number of rotatable bonds is 4. The zero-order valence-corrected chi connectivity index (χ0v) is 14.6. The van der Waals surface area contributed by atoms with Gasteiger partial charge in [0.1, 0.15) is 5.82 Å². The second-order valence-electron chi connectivity index (χ2n) is 6.25. The minimum Gasteiger partial charge on any atom is -0.331 e. The number of aromatic nitrogens is 5. The standard InChI is InChI=1S/C20H15N7O/c28-18(27-19-21-7-8-22-19)13-5-6-15-16(9-13)25-20(24-15)26-17-10-12-3-1-2-4-14(12)11-23-17/h1-11H,(H2,21,22,27,28)(H2,23,24,25,26). The third kappa shape index (κ3) is 3.03. The predicted molar refractivity (Wildman–Crippen MR) is 108 cm³/mol. The number of pyridine rings is 1. The number of hydrogen-bond acceptors (Lipinski definition) is 5. The Morgan fingerprint density at radius 1 is 0.964 bits per heavy atom. The van der Waals surface area contributed by atoms with E-state index in [0.29, 0.717) is 23.3 Å². The van der Waals surface area contributed by atoms with Crippen molar-refractivity contribution in [1.82, 2.24) is 24.9 Å². The van der Waals surface area contributed by atoms with Gasteiger partial charge in [0.05, 0.1) is 11.0 Å². The van der Waals surface area contributed by atoms with Gasteiger partial charge in [0.2, 0.25) is 11.9 Å². The van der Waals surface area contributed by atoms with Crippen LogP contribution in [0.25, 0.3) is 21.8 Å². The summed E-state index contributed by atoms with van der Waals surface area (Å²) in [5, 5.41) is 8.04. The average molecular weight is 369 g/mol. The number of benzene rings is 2. The Kier molecular flexibility index (Phi) is 3.72. The van der Waals surface area contributed by atoms with Crippen LogP contribution in [0.3, 0.4) is 0 Å². The molecule has 4 N–H and O–H groups in total. The Hall–Kier alpha value is -4.20. The maximum absolute atomic E-state index is 12.3. The number of carbonyl (C=O) groups excluding carboxylic acids is 1. The maximum atomic E-state index is 12.3. The van der Waals surface area contributed by atoms with E-state index in [1.807, 2.05) is 36.5 Å². The van der Waals surface area contributed by atoms with Gasteiger partial charge in [-0.25, -0.2) is 15.0 Å². The molecule has 28 heavy (non-hydrogen) atoms. The summed E-state index contributed by atoms with van der Waals surface area (Å²) in [4.78, 5) is 31.3. The Morgan fingerprint density at radius 2 is 1.86 bits per heavy atom. The van der Waals surface area contributed by atoms with Crippen LogP contribution in [0.5, 0.6) is 0 Å². The molecule has 0 bridgehead atoms. The molecule has 8 heteroatoms. The molecule has 0 atom stereocenters. The van der Waals surface area contributed by atoms with Crippen LogP contribution >= 0.6 is 0 Å². The predicted octanol–water partition coefficient (Wildman–Crippen LogP) is 3.83. The number of nitrogens with one attached hydrogen (secondary N) is 4. The zero-order chi connectivity index (χ0) is 18.9. The normalized spacial score (nSPS) is 11.0. The fourth-order valence-corrected chi connectivity index (χ4v) is 3.00. The highest BCUT2D eigenvalue weighted by molar-refractivity contribution is 6.05. The molecule has 136 valence electrons. The Morgan fingerprint density at radius 3 is 2.71 bits per heavy atom. The van der Waals surface area contributed by atoms with E-state index in [-0.39, 0.29) is 5.91 Å². The Bertz CT molecular complexity index is 1290. The van der Waals surface area contributed by atoms with Crippen LogP contribution in [-0.4, -0.2) is 30.8 Å². The summed E-state index contributed by atoms with van der Waals surface area (Å²) < 4.78 is 0. The molecule has 0 unspecified atom stereocenters. The highest BCUT2D eigenvalue weighted by atomic mass is 16.1. The molecule has 0 aliphatic carbocycles. The van der Waals surface area contributed by atoms with Gasteiger partial charge in [0, 0.05) is 29.5 Å². The first kappa shape index (κ1) is 16.0. The van der Waals surface area contributed by atoms with Crippen LogP contribution in [0.15, 0.2) is 67.1 Å². The molecule has 0 spiro atoms. The van der Waals surface area contributed by atoms with Gasteiger partial charge in [-0.3, -0.25) is 10.1 Å². The third-order valence-corrected chi connectivity index (χ3v) is 4.35. The molecule has 3 heterocycles. The quantitative estimate of drug-likeness (QED) is 0.385. The maximum Gasteiger partial charge on any atom is 0.258 e. The van der Waals surface area contributed by atoms with Gasteiger partial charge in [0.25, 0.3) is 5.91 Å². The number of anilines is 3. The van der Waals surface area contributed by atoms with Crippen LogP contribution in [0.4, 0.5) is 17.7 Å². The van der Waals surface area contributed by atoms with Crippen LogP contribution in [0, 0.1) is 0 Å². The first-order chi connectivity index (χ1) is 13.7. The fourth-order valence-electron chi connectivity index (χ4n) is 3.00.